The Kier molecular flexibility index (Phi) is 9.15. The summed E-state index contributed by atoms with van der Waals surface area (Å²) in [5.41, 5.74) is 0.111. The Morgan fingerprint density at radius 3 is 2.27 bits per heavy atom. The van der Waals surface area contributed by atoms with Crippen molar-refractivity contribution >= 4 is 29.9 Å². The Labute approximate surface area is 170 Å². The number of guanidine groups is 1. The van der Waals surface area contributed by atoms with Crippen LogP contribution in [-0.2, 0) is 12.7 Å². The highest BCUT2D eigenvalue weighted by Gasteiger charge is 2.32. The fraction of sp³-hybridized carbons (Fsp3) is 0.611. The highest BCUT2D eigenvalue weighted by atomic mass is 127. The predicted molar refractivity (Wildman–Crippen MR) is 110 cm³/mol. The van der Waals surface area contributed by atoms with Gasteiger partial charge in [-0.05, 0) is 57.5 Å². The summed E-state index contributed by atoms with van der Waals surface area (Å²) in [6.45, 7) is 3.86. The van der Waals surface area contributed by atoms with Gasteiger partial charge in [-0.3, -0.25) is 0 Å². The molecule has 0 aliphatic heterocycles. The summed E-state index contributed by atoms with van der Waals surface area (Å²) in [7, 11) is 4.16. The van der Waals surface area contributed by atoms with E-state index in [1.165, 1.54) is 25.0 Å². The Balaban J connectivity index is 0.00000338. The van der Waals surface area contributed by atoms with E-state index in [1.54, 1.807) is 0 Å². The number of halogens is 4. The zero-order valence-electron chi connectivity index (χ0n) is 15.4. The Morgan fingerprint density at radius 1 is 1.19 bits per heavy atom. The Bertz CT molecular complexity index is 567. The lowest BCUT2D eigenvalue weighted by atomic mass is 10.1. The second-order valence-electron chi connectivity index (χ2n) is 6.64. The molecule has 1 fully saturated rings. The number of nitrogens with zero attached hydrogens (tertiary/aromatic N) is 2. The molecule has 148 valence electrons. The van der Waals surface area contributed by atoms with Gasteiger partial charge in [0, 0.05) is 19.1 Å². The first-order valence-electron chi connectivity index (χ1n) is 8.66. The molecule has 2 rings (SSSR count). The minimum Gasteiger partial charge on any atom is -0.357 e. The minimum atomic E-state index is -4.30. The van der Waals surface area contributed by atoms with Crippen molar-refractivity contribution in [2.75, 3.05) is 27.2 Å². The summed E-state index contributed by atoms with van der Waals surface area (Å²) in [6, 6.07) is 5.61. The summed E-state index contributed by atoms with van der Waals surface area (Å²) >= 11 is 0. The van der Waals surface area contributed by atoms with Crippen LogP contribution in [0.5, 0.6) is 0 Å². The maximum atomic E-state index is 12.6. The van der Waals surface area contributed by atoms with E-state index >= 15 is 0 Å². The van der Waals surface area contributed by atoms with Gasteiger partial charge in [0.05, 0.1) is 12.1 Å². The van der Waals surface area contributed by atoms with Crippen molar-refractivity contribution < 1.29 is 13.2 Å². The monoisotopic (exact) mass is 484 g/mol. The highest BCUT2D eigenvalue weighted by molar-refractivity contribution is 14.0. The third kappa shape index (κ3) is 7.30. The number of aliphatic imine (C=N–C) groups is 1. The van der Waals surface area contributed by atoms with Crippen LogP contribution in [0.2, 0.25) is 0 Å². The van der Waals surface area contributed by atoms with E-state index in [0.29, 0.717) is 18.5 Å². The third-order valence-electron chi connectivity index (χ3n) is 4.35. The van der Waals surface area contributed by atoms with Crippen LogP contribution >= 0.6 is 24.0 Å². The average Bonchev–Trinajstić information content (AvgIpc) is 3.37. The first kappa shape index (κ1) is 23.0. The first-order chi connectivity index (χ1) is 11.8. The molecule has 0 spiro atoms. The molecular weight excluding hydrogens is 456 g/mol. The van der Waals surface area contributed by atoms with Crippen LogP contribution in [0.3, 0.4) is 0 Å². The van der Waals surface area contributed by atoms with Crippen molar-refractivity contribution in [3.63, 3.8) is 0 Å². The standard InChI is InChI=1S/C18H27F3N4.HI/c1-4-22-17(24-12-16(25(2)3)14-7-8-14)23-11-13-5-9-15(10-6-13)18(19,20)21;/h5-6,9-10,14,16H,4,7-8,11-12H2,1-3H3,(H2,22,23,24);1H. The maximum Gasteiger partial charge on any atom is 0.416 e. The average molecular weight is 484 g/mol. The molecule has 1 aromatic carbocycles. The van der Waals surface area contributed by atoms with E-state index in [2.05, 4.69) is 34.6 Å². The van der Waals surface area contributed by atoms with Gasteiger partial charge in [-0.25, -0.2) is 4.99 Å². The fourth-order valence-electron chi connectivity index (χ4n) is 2.76. The number of likely N-dealkylation sites (N-methyl/N-ethyl adjacent to an activating group) is 1. The molecule has 2 N–H and O–H groups in total. The molecule has 0 aromatic heterocycles. The van der Waals surface area contributed by atoms with Gasteiger partial charge >= 0.3 is 6.18 Å². The molecule has 4 nitrogen and oxygen atoms in total. The molecule has 1 aliphatic carbocycles. The largest absolute Gasteiger partial charge is 0.416 e. The van der Waals surface area contributed by atoms with Crippen LogP contribution < -0.4 is 10.6 Å². The van der Waals surface area contributed by atoms with Crippen molar-refractivity contribution in [2.45, 2.75) is 38.5 Å². The second kappa shape index (κ2) is 10.3. The van der Waals surface area contributed by atoms with Gasteiger partial charge in [-0.2, -0.15) is 13.2 Å². The van der Waals surface area contributed by atoms with E-state index < -0.39 is 11.7 Å². The molecular formula is C18H28F3IN4. The van der Waals surface area contributed by atoms with E-state index in [-0.39, 0.29) is 24.0 Å². The zero-order valence-corrected chi connectivity index (χ0v) is 17.8. The Hall–Kier alpha value is -1.03. The van der Waals surface area contributed by atoms with Crippen molar-refractivity contribution in [1.82, 2.24) is 15.5 Å². The van der Waals surface area contributed by atoms with E-state index in [9.17, 15) is 13.2 Å². The van der Waals surface area contributed by atoms with Crippen molar-refractivity contribution in [2.24, 2.45) is 10.9 Å². The van der Waals surface area contributed by atoms with Crippen molar-refractivity contribution in [3.05, 3.63) is 35.4 Å². The lowest BCUT2D eigenvalue weighted by Crippen LogP contribution is -2.46. The van der Waals surface area contributed by atoms with Crippen molar-refractivity contribution in [3.8, 4) is 0 Å². The summed E-state index contributed by atoms with van der Waals surface area (Å²) < 4.78 is 37.8. The molecule has 8 heteroatoms. The molecule has 0 heterocycles. The Morgan fingerprint density at radius 2 is 1.81 bits per heavy atom. The smallest absolute Gasteiger partial charge is 0.357 e. The molecule has 0 saturated heterocycles. The van der Waals surface area contributed by atoms with Crippen molar-refractivity contribution in [1.29, 1.82) is 0 Å². The third-order valence-corrected chi connectivity index (χ3v) is 4.35. The van der Waals surface area contributed by atoms with Crippen LogP contribution in [0.25, 0.3) is 0 Å². The molecule has 0 bridgehead atoms. The van der Waals surface area contributed by atoms with Crippen LogP contribution in [0.4, 0.5) is 13.2 Å². The lowest BCUT2D eigenvalue weighted by molar-refractivity contribution is -0.137. The predicted octanol–water partition coefficient (Wildman–Crippen LogP) is 3.72. The first-order valence-corrected chi connectivity index (χ1v) is 8.66. The number of hydrogen-bond donors (Lipinski definition) is 2. The number of rotatable bonds is 7. The SMILES string of the molecule is CCNC(=NCc1ccc(C(F)(F)F)cc1)NCC(C1CC1)N(C)C.I. The van der Waals surface area contributed by atoms with Gasteiger partial charge in [0.25, 0.3) is 0 Å². The molecule has 0 amide bonds. The maximum absolute atomic E-state index is 12.6. The summed E-state index contributed by atoms with van der Waals surface area (Å²) in [5.74, 6) is 1.43. The van der Waals surface area contributed by atoms with Gasteiger partial charge in [-0.1, -0.05) is 12.1 Å². The van der Waals surface area contributed by atoms with Gasteiger partial charge < -0.3 is 15.5 Å². The highest BCUT2D eigenvalue weighted by Crippen LogP contribution is 2.34. The number of alkyl halides is 3. The minimum absolute atomic E-state index is 0. The molecule has 1 atom stereocenters. The normalized spacial score (nSPS) is 16.2. The number of nitrogens with one attached hydrogen (secondary N) is 2. The molecule has 1 saturated carbocycles. The summed E-state index contributed by atoms with van der Waals surface area (Å²) in [6.07, 6.45) is -1.77. The van der Waals surface area contributed by atoms with E-state index in [0.717, 1.165) is 36.7 Å². The molecule has 0 radical (unpaired) electrons. The van der Waals surface area contributed by atoms with Gasteiger partial charge in [0.2, 0.25) is 0 Å². The summed E-state index contributed by atoms with van der Waals surface area (Å²) in [5, 5.41) is 6.53. The van der Waals surface area contributed by atoms with E-state index in [1.807, 2.05) is 6.92 Å². The summed E-state index contributed by atoms with van der Waals surface area (Å²) in [4.78, 5) is 6.71. The lowest BCUT2D eigenvalue weighted by Gasteiger charge is -2.25. The van der Waals surface area contributed by atoms with E-state index in [4.69, 9.17) is 0 Å². The molecule has 1 unspecified atom stereocenters. The zero-order chi connectivity index (χ0) is 18.4. The van der Waals surface area contributed by atoms with Crippen LogP contribution in [0, 0.1) is 5.92 Å². The van der Waals surface area contributed by atoms with Gasteiger partial charge in [0.15, 0.2) is 5.96 Å². The number of benzene rings is 1. The quantitative estimate of drug-likeness (QED) is 0.352. The second-order valence-corrected chi connectivity index (χ2v) is 6.64. The molecule has 1 aliphatic rings. The van der Waals surface area contributed by atoms with Gasteiger partial charge in [-0.15, -0.1) is 24.0 Å². The molecule has 1 aromatic rings. The van der Waals surface area contributed by atoms with Gasteiger partial charge in [0.1, 0.15) is 0 Å². The van der Waals surface area contributed by atoms with Crippen LogP contribution in [0.1, 0.15) is 30.9 Å². The topological polar surface area (TPSA) is 39.7 Å². The fourth-order valence-corrected chi connectivity index (χ4v) is 2.76. The van der Waals surface area contributed by atoms with Crippen LogP contribution in [0.15, 0.2) is 29.3 Å². The number of hydrogen-bond acceptors (Lipinski definition) is 2. The molecule has 26 heavy (non-hydrogen) atoms. The van der Waals surface area contributed by atoms with Crippen LogP contribution in [-0.4, -0.2) is 44.1 Å².